The highest BCUT2D eigenvalue weighted by molar-refractivity contribution is 8.01. The van der Waals surface area contributed by atoms with E-state index in [1.807, 2.05) is 5.38 Å². The number of rotatable bonds is 3. The summed E-state index contributed by atoms with van der Waals surface area (Å²) in [5.41, 5.74) is 0. The fraction of sp³-hybridized carbons (Fsp3) is 0.600. The summed E-state index contributed by atoms with van der Waals surface area (Å²) in [4.78, 5) is 16.1. The van der Waals surface area contributed by atoms with Gasteiger partial charge in [0.15, 0.2) is 5.78 Å². The van der Waals surface area contributed by atoms with E-state index in [9.17, 15) is 4.79 Å². The molecule has 0 aromatic carbocycles. The Morgan fingerprint density at radius 1 is 1.71 bits per heavy atom. The van der Waals surface area contributed by atoms with Crippen LogP contribution in [-0.4, -0.2) is 21.3 Å². The number of aromatic nitrogens is 1. The van der Waals surface area contributed by atoms with Crippen LogP contribution in [0.5, 0.6) is 0 Å². The van der Waals surface area contributed by atoms with Gasteiger partial charge in [0.05, 0.1) is 16.2 Å². The Balaban J connectivity index is 2.02. The van der Waals surface area contributed by atoms with Gasteiger partial charge in [-0.3, -0.25) is 4.79 Å². The standard InChI is InChI=1S/C10H13NOS2/c1-10(3-2-5-14-10)8(12)7-9-11-4-6-13-9/h4,6H,2-3,5,7H2,1H3. The van der Waals surface area contributed by atoms with Gasteiger partial charge in [-0.25, -0.2) is 4.98 Å². The molecule has 14 heavy (non-hydrogen) atoms. The summed E-state index contributed by atoms with van der Waals surface area (Å²) < 4.78 is -0.133. The summed E-state index contributed by atoms with van der Waals surface area (Å²) in [6.07, 6.45) is 4.48. The molecule has 1 aliphatic heterocycles. The SMILES string of the molecule is CC1(C(=O)Cc2nccs2)CCCS1. The Bertz CT molecular complexity index is 315. The van der Waals surface area contributed by atoms with Crippen LogP contribution in [0.3, 0.4) is 0 Å². The molecule has 1 fully saturated rings. The molecular formula is C10H13NOS2. The van der Waals surface area contributed by atoms with E-state index < -0.39 is 0 Å². The molecule has 1 aromatic heterocycles. The van der Waals surface area contributed by atoms with Crippen molar-refractivity contribution in [2.75, 3.05) is 5.75 Å². The summed E-state index contributed by atoms with van der Waals surface area (Å²) in [5.74, 6) is 1.47. The van der Waals surface area contributed by atoms with Crippen LogP contribution in [0.2, 0.25) is 0 Å². The van der Waals surface area contributed by atoms with Gasteiger partial charge in [-0.05, 0) is 25.5 Å². The van der Waals surface area contributed by atoms with Crippen molar-refractivity contribution < 1.29 is 4.79 Å². The van der Waals surface area contributed by atoms with Crippen LogP contribution in [-0.2, 0) is 11.2 Å². The molecule has 2 rings (SSSR count). The lowest BCUT2D eigenvalue weighted by Gasteiger charge is -2.19. The first-order chi connectivity index (χ1) is 6.71. The molecule has 0 amide bonds. The average molecular weight is 227 g/mol. The molecule has 0 saturated carbocycles. The van der Waals surface area contributed by atoms with Crippen molar-refractivity contribution in [2.24, 2.45) is 0 Å². The van der Waals surface area contributed by atoms with Crippen LogP contribution in [0, 0.1) is 0 Å². The summed E-state index contributed by atoms with van der Waals surface area (Å²) in [6, 6.07) is 0. The molecule has 1 saturated heterocycles. The fourth-order valence-corrected chi connectivity index (χ4v) is 3.54. The Labute approximate surface area is 92.1 Å². The maximum atomic E-state index is 12.0. The van der Waals surface area contributed by atoms with Gasteiger partial charge in [-0.15, -0.1) is 23.1 Å². The molecule has 0 aliphatic carbocycles. The fourth-order valence-electron chi connectivity index (χ4n) is 1.66. The molecule has 0 radical (unpaired) electrons. The third kappa shape index (κ3) is 2.01. The Hall–Kier alpha value is -0.350. The molecule has 4 heteroatoms. The van der Waals surface area contributed by atoms with Gasteiger partial charge in [-0.1, -0.05) is 0 Å². The van der Waals surface area contributed by atoms with Crippen molar-refractivity contribution in [1.29, 1.82) is 0 Å². The monoisotopic (exact) mass is 227 g/mol. The smallest absolute Gasteiger partial charge is 0.155 e. The number of hydrogen-bond acceptors (Lipinski definition) is 4. The second-order valence-corrected chi connectivity index (χ2v) is 6.29. The lowest BCUT2D eigenvalue weighted by molar-refractivity contribution is -0.120. The summed E-state index contributed by atoms with van der Waals surface area (Å²) in [7, 11) is 0. The van der Waals surface area contributed by atoms with Gasteiger partial charge >= 0.3 is 0 Å². The zero-order valence-corrected chi connectivity index (χ0v) is 9.79. The molecule has 0 spiro atoms. The highest BCUT2D eigenvalue weighted by Gasteiger charge is 2.36. The van der Waals surface area contributed by atoms with Gasteiger partial charge in [0, 0.05) is 11.6 Å². The summed E-state index contributed by atoms with van der Waals surface area (Å²) in [6.45, 7) is 2.07. The van der Waals surface area contributed by atoms with Gasteiger partial charge in [0.1, 0.15) is 0 Å². The molecular weight excluding hydrogens is 214 g/mol. The van der Waals surface area contributed by atoms with Gasteiger partial charge in [0.25, 0.3) is 0 Å². The zero-order chi connectivity index (χ0) is 10.0. The summed E-state index contributed by atoms with van der Waals surface area (Å²) >= 11 is 3.37. The minimum atomic E-state index is -0.133. The minimum absolute atomic E-state index is 0.133. The maximum Gasteiger partial charge on any atom is 0.155 e. The minimum Gasteiger partial charge on any atom is -0.298 e. The maximum absolute atomic E-state index is 12.0. The quantitative estimate of drug-likeness (QED) is 0.795. The van der Waals surface area contributed by atoms with Gasteiger partial charge < -0.3 is 0 Å². The van der Waals surface area contributed by atoms with E-state index in [2.05, 4.69) is 11.9 Å². The number of ketones is 1. The lowest BCUT2D eigenvalue weighted by Crippen LogP contribution is -2.30. The first kappa shape index (κ1) is 10.2. The predicted molar refractivity (Wildman–Crippen MR) is 60.9 cm³/mol. The van der Waals surface area contributed by atoms with Crippen LogP contribution in [0.15, 0.2) is 11.6 Å². The van der Waals surface area contributed by atoms with E-state index >= 15 is 0 Å². The molecule has 1 atom stereocenters. The second kappa shape index (κ2) is 4.03. The van der Waals surface area contributed by atoms with Crippen LogP contribution in [0.25, 0.3) is 0 Å². The highest BCUT2D eigenvalue weighted by Crippen LogP contribution is 2.39. The largest absolute Gasteiger partial charge is 0.298 e. The summed E-state index contributed by atoms with van der Waals surface area (Å²) in [5, 5.41) is 2.87. The van der Waals surface area contributed by atoms with Gasteiger partial charge in [0.2, 0.25) is 0 Å². The third-order valence-corrected chi connectivity index (χ3v) is 4.95. The van der Waals surface area contributed by atoms with E-state index in [0.717, 1.165) is 17.2 Å². The Morgan fingerprint density at radius 2 is 2.57 bits per heavy atom. The predicted octanol–water partition coefficient (Wildman–Crippen LogP) is 2.54. The van der Waals surface area contributed by atoms with E-state index in [4.69, 9.17) is 0 Å². The molecule has 0 N–H and O–H groups in total. The van der Waals surface area contributed by atoms with E-state index in [0.29, 0.717) is 12.2 Å². The van der Waals surface area contributed by atoms with Crippen LogP contribution >= 0.6 is 23.1 Å². The number of Topliss-reactive ketones (excluding diaryl/α,β-unsaturated/α-hetero) is 1. The second-order valence-electron chi connectivity index (χ2n) is 3.71. The normalized spacial score (nSPS) is 26.6. The molecule has 1 aromatic rings. The molecule has 1 unspecified atom stereocenters. The van der Waals surface area contributed by atoms with Crippen LogP contribution in [0.4, 0.5) is 0 Å². The number of thiazole rings is 1. The average Bonchev–Trinajstić information content (AvgIpc) is 2.76. The van der Waals surface area contributed by atoms with E-state index in [1.165, 1.54) is 6.42 Å². The molecule has 2 nitrogen and oxygen atoms in total. The first-order valence-corrected chi connectivity index (χ1v) is 6.63. The molecule has 76 valence electrons. The Kier molecular flexibility index (Phi) is 2.93. The van der Waals surface area contributed by atoms with Crippen molar-refractivity contribution in [1.82, 2.24) is 4.98 Å². The van der Waals surface area contributed by atoms with Crippen molar-refractivity contribution in [3.8, 4) is 0 Å². The van der Waals surface area contributed by atoms with Crippen LogP contribution < -0.4 is 0 Å². The van der Waals surface area contributed by atoms with E-state index in [1.54, 1.807) is 29.3 Å². The van der Waals surface area contributed by atoms with E-state index in [-0.39, 0.29) is 4.75 Å². The van der Waals surface area contributed by atoms with Crippen LogP contribution in [0.1, 0.15) is 24.8 Å². The number of nitrogens with zero attached hydrogens (tertiary/aromatic N) is 1. The topological polar surface area (TPSA) is 30.0 Å². The van der Waals surface area contributed by atoms with Crippen molar-refractivity contribution in [3.63, 3.8) is 0 Å². The molecule has 1 aliphatic rings. The highest BCUT2D eigenvalue weighted by atomic mass is 32.2. The van der Waals surface area contributed by atoms with Crippen molar-refractivity contribution in [3.05, 3.63) is 16.6 Å². The van der Waals surface area contributed by atoms with Crippen molar-refractivity contribution >= 4 is 28.9 Å². The number of carbonyl (C=O) groups is 1. The third-order valence-electron chi connectivity index (χ3n) is 2.60. The Morgan fingerprint density at radius 3 is 3.14 bits per heavy atom. The molecule has 0 bridgehead atoms. The number of carbonyl (C=O) groups excluding carboxylic acids is 1. The number of hydrogen-bond donors (Lipinski definition) is 0. The zero-order valence-electron chi connectivity index (χ0n) is 8.16. The molecule has 2 heterocycles. The lowest BCUT2D eigenvalue weighted by atomic mass is 9.98. The van der Waals surface area contributed by atoms with Crippen molar-refractivity contribution in [2.45, 2.75) is 30.9 Å². The first-order valence-electron chi connectivity index (χ1n) is 4.76. The van der Waals surface area contributed by atoms with Gasteiger partial charge in [-0.2, -0.15) is 0 Å². The number of thioether (sulfide) groups is 1.